The number of phenolic OH excluding ortho intramolecular Hbond substituents is 1. The number of rotatable bonds is 4. The third kappa shape index (κ3) is 3.18. The predicted octanol–water partition coefficient (Wildman–Crippen LogP) is 3.13. The van der Waals surface area contributed by atoms with Crippen LogP contribution in [0.25, 0.3) is 10.8 Å². The van der Waals surface area contributed by atoms with Gasteiger partial charge in [0.05, 0.1) is 12.1 Å². The van der Waals surface area contributed by atoms with Crippen molar-refractivity contribution in [3.05, 3.63) is 42.0 Å². The maximum absolute atomic E-state index is 10.0. The molecule has 2 aromatic carbocycles. The molecule has 2 rings (SSSR count). The fourth-order valence-electron chi connectivity index (χ4n) is 2.28. The van der Waals surface area contributed by atoms with E-state index in [0.717, 1.165) is 22.8 Å². The number of phenols is 1. The van der Waals surface area contributed by atoms with Crippen molar-refractivity contribution in [2.75, 3.05) is 0 Å². The van der Waals surface area contributed by atoms with Gasteiger partial charge >= 0.3 is 0 Å². The minimum absolute atomic E-state index is 0. The van der Waals surface area contributed by atoms with E-state index in [1.54, 1.807) is 12.1 Å². The van der Waals surface area contributed by atoms with Crippen molar-refractivity contribution in [3.63, 3.8) is 0 Å². The fraction of sp³-hybridized carbons (Fsp3) is 0.333. The van der Waals surface area contributed by atoms with E-state index in [1.165, 1.54) is 0 Å². The number of halogens is 1. The first-order chi connectivity index (χ1) is 8.65. The Hall–Kier alpha value is -1.29. The van der Waals surface area contributed by atoms with E-state index in [1.807, 2.05) is 31.2 Å². The summed E-state index contributed by atoms with van der Waals surface area (Å²) in [5.74, 6) is 0.242. The summed E-state index contributed by atoms with van der Waals surface area (Å²) in [6.45, 7) is 2.02. The molecule has 3 nitrogen and oxygen atoms in total. The van der Waals surface area contributed by atoms with Crippen LogP contribution >= 0.6 is 12.4 Å². The maximum Gasteiger partial charge on any atom is 0.123 e. The molecule has 104 valence electrons. The molecule has 4 N–H and O–H groups in total. The number of hydrogen-bond donors (Lipinski definition) is 3. The molecule has 0 spiro atoms. The monoisotopic (exact) mass is 281 g/mol. The van der Waals surface area contributed by atoms with Gasteiger partial charge < -0.3 is 15.9 Å². The third-order valence-corrected chi connectivity index (χ3v) is 3.29. The molecule has 0 fully saturated rings. The molecule has 4 heteroatoms. The van der Waals surface area contributed by atoms with Crippen molar-refractivity contribution in [1.29, 1.82) is 0 Å². The number of aromatic hydroxyl groups is 1. The van der Waals surface area contributed by atoms with Crippen molar-refractivity contribution in [1.82, 2.24) is 0 Å². The van der Waals surface area contributed by atoms with Gasteiger partial charge in [-0.15, -0.1) is 12.4 Å². The number of hydrogen-bond acceptors (Lipinski definition) is 3. The highest BCUT2D eigenvalue weighted by atomic mass is 35.5. The molecule has 2 aromatic rings. The summed E-state index contributed by atoms with van der Waals surface area (Å²) < 4.78 is 0. The maximum atomic E-state index is 10.0. The Balaban J connectivity index is 0.00000180. The van der Waals surface area contributed by atoms with Gasteiger partial charge in [0, 0.05) is 5.39 Å². The van der Waals surface area contributed by atoms with Gasteiger partial charge in [-0.1, -0.05) is 43.7 Å². The lowest BCUT2D eigenvalue weighted by Gasteiger charge is -2.20. The molecule has 19 heavy (non-hydrogen) atoms. The Morgan fingerprint density at radius 2 is 1.74 bits per heavy atom. The van der Waals surface area contributed by atoms with Crippen LogP contribution in [0.2, 0.25) is 0 Å². The zero-order valence-electron chi connectivity index (χ0n) is 10.9. The summed E-state index contributed by atoms with van der Waals surface area (Å²) in [6, 6.07) is 10.6. The average molecular weight is 282 g/mol. The average Bonchev–Trinajstić information content (AvgIpc) is 2.39. The molecule has 0 saturated carbocycles. The Morgan fingerprint density at radius 1 is 1.11 bits per heavy atom. The van der Waals surface area contributed by atoms with Crippen LogP contribution in [0, 0.1) is 0 Å². The predicted molar refractivity (Wildman–Crippen MR) is 80.7 cm³/mol. The summed E-state index contributed by atoms with van der Waals surface area (Å²) in [5, 5.41) is 21.5. The second-order valence-corrected chi connectivity index (χ2v) is 4.60. The van der Waals surface area contributed by atoms with Crippen LogP contribution < -0.4 is 5.73 Å². The van der Waals surface area contributed by atoms with Crippen LogP contribution in [-0.4, -0.2) is 16.3 Å². The van der Waals surface area contributed by atoms with Crippen LogP contribution in [-0.2, 0) is 0 Å². The number of aliphatic hydroxyl groups excluding tert-OH is 1. The van der Waals surface area contributed by atoms with Gasteiger partial charge in [-0.25, -0.2) is 0 Å². The second kappa shape index (κ2) is 6.75. The van der Waals surface area contributed by atoms with Gasteiger partial charge in [0.15, 0.2) is 0 Å². The third-order valence-electron chi connectivity index (χ3n) is 3.29. The second-order valence-electron chi connectivity index (χ2n) is 4.60. The van der Waals surface area contributed by atoms with Gasteiger partial charge in [0.1, 0.15) is 5.75 Å². The van der Waals surface area contributed by atoms with Crippen LogP contribution in [0.4, 0.5) is 0 Å². The first-order valence-corrected chi connectivity index (χ1v) is 6.29. The van der Waals surface area contributed by atoms with E-state index >= 15 is 0 Å². The minimum Gasteiger partial charge on any atom is -0.507 e. The van der Waals surface area contributed by atoms with Gasteiger partial charge in [-0.3, -0.25) is 0 Å². The molecular weight excluding hydrogens is 262 g/mol. The van der Waals surface area contributed by atoms with E-state index in [9.17, 15) is 10.2 Å². The molecule has 0 bridgehead atoms. The molecule has 0 aromatic heterocycles. The Labute approximate surface area is 119 Å². The molecule has 0 unspecified atom stereocenters. The van der Waals surface area contributed by atoms with Crippen molar-refractivity contribution >= 4 is 23.2 Å². The molecule has 0 aliphatic rings. The van der Waals surface area contributed by atoms with Crippen molar-refractivity contribution < 1.29 is 10.2 Å². The van der Waals surface area contributed by atoms with E-state index in [2.05, 4.69) is 0 Å². The number of aliphatic hydroxyl groups is 1. The largest absolute Gasteiger partial charge is 0.507 e. The van der Waals surface area contributed by atoms with Gasteiger partial charge in [-0.05, 0) is 23.4 Å². The van der Waals surface area contributed by atoms with Crippen LogP contribution in [0.1, 0.15) is 31.4 Å². The van der Waals surface area contributed by atoms with E-state index in [4.69, 9.17) is 5.73 Å². The zero-order valence-corrected chi connectivity index (χ0v) is 11.7. The van der Waals surface area contributed by atoms with Crippen LogP contribution in [0.5, 0.6) is 5.75 Å². The first-order valence-electron chi connectivity index (χ1n) is 6.29. The minimum atomic E-state index is -0.553. The molecule has 0 amide bonds. The standard InChI is InChI=1S/C15H19NO2.ClH/c1-2-5-14(18)15(16)12-8-9-13(17)11-7-4-3-6-10(11)12;/h3-4,6-9,14-15,17-18H,2,5,16H2,1H3;1H/t14-,15+;/m0./s1. The lowest BCUT2D eigenvalue weighted by molar-refractivity contribution is 0.135. The molecule has 0 aliphatic heterocycles. The zero-order chi connectivity index (χ0) is 13.1. The smallest absolute Gasteiger partial charge is 0.123 e. The summed E-state index contributed by atoms with van der Waals surface area (Å²) in [5.41, 5.74) is 6.99. The SMILES string of the molecule is CCC[C@H](O)[C@H](N)c1ccc(O)c2ccccc12.Cl. The van der Waals surface area contributed by atoms with Gasteiger partial charge in [0.25, 0.3) is 0 Å². The summed E-state index contributed by atoms with van der Waals surface area (Å²) >= 11 is 0. The highest BCUT2D eigenvalue weighted by Crippen LogP contribution is 2.31. The summed E-state index contributed by atoms with van der Waals surface area (Å²) in [4.78, 5) is 0. The van der Waals surface area contributed by atoms with E-state index < -0.39 is 12.1 Å². The number of nitrogens with two attached hydrogens (primary N) is 1. The van der Waals surface area contributed by atoms with Gasteiger partial charge in [-0.2, -0.15) is 0 Å². The summed E-state index contributed by atoms with van der Waals surface area (Å²) in [7, 11) is 0. The number of benzene rings is 2. The lowest BCUT2D eigenvalue weighted by atomic mass is 9.94. The Morgan fingerprint density at radius 3 is 2.37 bits per heavy atom. The quantitative estimate of drug-likeness (QED) is 0.807. The molecule has 0 radical (unpaired) electrons. The Kier molecular flexibility index (Phi) is 5.60. The number of fused-ring (bicyclic) bond motifs is 1. The van der Waals surface area contributed by atoms with Crippen LogP contribution in [0.15, 0.2) is 36.4 Å². The van der Waals surface area contributed by atoms with Crippen LogP contribution in [0.3, 0.4) is 0 Å². The molecular formula is C15H20ClNO2. The van der Waals surface area contributed by atoms with E-state index in [0.29, 0.717) is 6.42 Å². The summed E-state index contributed by atoms with van der Waals surface area (Å²) in [6.07, 6.45) is 1.02. The highest BCUT2D eigenvalue weighted by molar-refractivity contribution is 5.91. The van der Waals surface area contributed by atoms with Crippen molar-refractivity contribution in [3.8, 4) is 5.75 Å². The molecule has 2 atom stereocenters. The fourth-order valence-corrected chi connectivity index (χ4v) is 2.28. The van der Waals surface area contributed by atoms with Crippen molar-refractivity contribution in [2.24, 2.45) is 5.73 Å². The highest BCUT2D eigenvalue weighted by Gasteiger charge is 2.18. The van der Waals surface area contributed by atoms with Crippen molar-refractivity contribution in [2.45, 2.75) is 31.9 Å². The Bertz CT molecular complexity index is 545. The molecule has 0 heterocycles. The molecule has 0 saturated heterocycles. The lowest BCUT2D eigenvalue weighted by Crippen LogP contribution is -2.26. The van der Waals surface area contributed by atoms with E-state index in [-0.39, 0.29) is 18.2 Å². The first kappa shape index (κ1) is 15.8. The molecule has 0 aliphatic carbocycles. The normalized spacial score (nSPS) is 13.8. The van der Waals surface area contributed by atoms with Gasteiger partial charge in [0.2, 0.25) is 0 Å². The topological polar surface area (TPSA) is 66.5 Å².